The van der Waals surface area contributed by atoms with E-state index in [9.17, 15) is 18.4 Å². The molecule has 0 amide bonds. The van der Waals surface area contributed by atoms with Gasteiger partial charge in [0.15, 0.2) is 0 Å². The van der Waals surface area contributed by atoms with Gasteiger partial charge in [0.05, 0.1) is 6.61 Å². The molecule has 0 aromatic carbocycles. The number of anilines is 2. The van der Waals surface area contributed by atoms with Crippen LogP contribution in [0.1, 0.15) is 0 Å². The normalized spacial score (nSPS) is 10.9. The third-order valence-electron chi connectivity index (χ3n) is 2.16. The van der Waals surface area contributed by atoms with E-state index in [0.717, 1.165) is 4.57 Å². The largest absolute Gasteiger partial charge is 0.383 e. The summed E-state index contributed by atoms with van der Waals surface area (Å²) in [5.41, 5.74) is 4.29. The minimum absolute atomic E-state index is 0.00788. The highest BCUT2D eigenvalue weighted by atomic mass is 19.3. The van der Waals surface area contributed by atoms with Gasteiger partial charge in [-0.3, -0.25) is 14.3 Å². The van der Waals surface area contributed by atoms with Gasteiger partial charge in [0.2, 0.25) is 0 Å². The molecular formula is C9H14F2N4O3. The number of nitrogen functional groups attached to an aromatic ring is 1. The Morgan fingerprint density at radius 3 is 2.78 bits per heavy atom. The molecule has 102 valence electrons. The van der Waals surface area contributed by atoms with Crippen LogP contribution in [-0.4, -0.2) is 35.7 Å². The zero-order valence-corrected chi connectivity index (χ0v) is 9.70. The molecule has 0 aliphatic rings. The van der Waals surface area contributed by atoms with Crippen LogP contribution >= 0.6 is 0 Å². The van der Waals surface area contributed by atoms with Crippen LogP contribution in [0.3, 0.4) is 0 Å². The van der Waals surface area contributed by atoms with Gasteiger partial charge in [-0.25, -0.2) is 13.6 Å². The number of alkyl halides is 2. The number of aromatic amines is 1. The van der Waals surface area contributed by atoms with Crippen molar-refractivity contribution in [3.05, 3.63) is 20.8 Å². The van der Waals surface area contributed by atoms with E-state index in [1.54, 1.807) is 0 Å². The molecule has 1 aromatic heterocycles. The Bertz CT molecular complexity index is 512. The predicted octanol–water partition coefficient (Wildman–Crippen LogP) is -0.651. The lowest BCUT2D eigenvalue weighted by atomic mass is 10.4. The molecule has 1 rings (SSSR count). The van der Waals surface area contributed by atoms with E-state index >= 15 is 0 Å². The van der Waals surface area contributed by atoms with Crippen LogP contribution in [-0.2, 0) is 11.8 Å². The van der Waals surface area contributed by atoms with E-state index in [-0.39, 0.29) is 24.7 Å². The number of hydrogen-bond acceptors (Lipinski definition) is 5. The third kappa shape index (κ3) is 3.55. The Morgan fingerprint density at radius 1 is 1.50 bits per heavy atom. The summed E-state index contributed by atoms with van der Waals surface area (Å²) < 4.78 is 29.2. The van der Waals surface area contributed by atoms with Crippen LogP contribution < -0.4 is 22.3 Å². The molecule has 9 heteroatoms. The monoisotopic (exact) mass is 264 g/mol. The van der Waals surface area contributed by atoms with Gasteiger partial charge in [0, 0.05) is 13.6 Å². The molecule has 0 radical (unpaired) electrons. The molecule has 0 aliphatic carbocycles. The van der Waals surface area contributed by atoms with Crippen molar-refractivity contribution in [3.63, 3.8) is 0 Å². The topological polar surface area (TPSA) is 102 Å². The summed E-state index contributed by atoms with van der Waals surface area (Å²) in [6.07, 6.45) is -2.53. The maximum atomic E-state index is 11.8. The van der Waals surface area contributed by atoms with Gasteiger partial charge in [-0.15, -0.1) is 0 Å². The second-order valence-corrected chi connectivity index (χ2v) is 3.47. The Labute approximate surface area is 101 Å². The molecule has 0 spiro atoms. The number of nitrogens with two attached hydrogens (primary N) is 1. The van der Waals surface area contributed by atoms with Crippen LogP contribution in [0.25, 0.3) is 0 Å². The molecular weight excluding hydrogens is 250 g/mol. The summed E-state index contributed by atoms with van der Waals surface area (Å²) in [6, 6.07) is 0. The van der Waals surface area contributed by atoms with E-state index < -0.39 is 24.3 Å². The summed E-state index contributed by atoms with van der Waals surface area (Å²) in [4.78, 5) is 24.6. The first kappa shape index (κ1) is 14.2. The molecule has 1 aromatic rings. The van der Waals surface area contributed by atoms with Crippen molar-refractivity contribution in [1.29, 1.82) is 0 Å². The highest BCUT2D eigenvalue weighted by molar-refractivity contribution is 5.60. The van der Waals surface area contributed by atoms with E-state index in [4.69, 9.17) is 5.73 Å². The lowest BCUT2D eigenvalue weighted by Crippen LogP contribution is -2.33. The lowest BCUT2D eigenvalue weighted by Gasteiger charge is -2.10. The summed E-state index contributed by atoms with van der Waals surface area (Å²) in [5.74, 6) is -0.0300. The fourth-order valence-electron chi connectivity index (χ4n) is 1.23. The van der Waals surface area contributed by atoms with Gasteiger partial charge in [-0.05, 0) is 0 Å². The predicted molar refractivity (Wildman–Crippen MR) is 62.0 cm³/mol. The Balaban J connectivity index is 2.61. The molecule has 7 nitrogen and oxygen atoms in total. The summed E-state index contributed by atoms with van der Waals surface area (Å²) in [6.45, 7) is -0.551. The number of nitrogens with one attached hydrogen (secondary N) is 2. The fraction of sp³-hybridized carbons (Fsp3) is 0.556. The zero-order chi connectivity index (χ0) is 13.7. The SMILES string of the molecule is Cn1c(N)c(NCCOCC(F)F)c(=O)[nH]c1=O. The van der Waals surface area contributed by atoms with Crippen LogP contribution in [0, 0.1) is 0 Å². The van der Waals surface area contributed by atoms with Gasteiger partial charge in [0.1, 0.15) is 18.1 Å². The van der Waals surface area contributed by atoms with Crippen molar-refractivity contribution in [2.75, 3.05) is 30.8 Å². The molecule has 0 atom stereocenters. The van der Waals surface area contributed by atoms with E-state index in [1.807, 2.05) is 0 Å². The smallest absolute Gasteiger partial charge is 0.329 e. The number of rotatable bonds is 6. The minimum Gasteiger partial charge on any atom is -0.383 e. The van der Waals surface area contributed by atoms with Crippen LogP contribution in [0.5, 0.6) is 0 Å². The van der Waals surface area contributed by atoms with Crippen molar-refractivity contribution < 1.29 is 13.5 Å². The lowest BCUT2D eigenvalue weighted by molar-refractivity contribution is 0.0215. The Morgan fingerprint density at radius 2 is 2.17 bits per heavy atom. The second-order valence-electron chi connectivity index (χ2n) is 3.47. The average molecular weight is 264 g/mol. The molecule has 0 fully saturated rings. The molecule has 0 unspecified atom stereocenters. The first-order valence-corrected chi connectivity index (χ1v) is 5.12. The molecule has 0 bridgehead atoms. The Hall–Kier alpha value is -1.90. The van der Waals surface area contributed by atoms with Crippen molar-refractivity contribution >= 4 is 11.5 Å². The van der Waals surface area contributed by atoms with E-state index in [2.05, 4.69) is 15.0 Å². The van der Waals surface area contributed by atoms with Crippen molar-refractivity contribution in [2.45, 2.75) is 6.43 Å². The van der Waals surface area contributed by atoms with Gasteiger partial charge < -0.3 is 15.8 Å². The number of aromatic nitrogens is 2. The number of H-pyrrole nitrogens is 1. The van der Waals surface area contributed by atoms with Gasteiger partial charge in [-0.1, -0.05) is 0 Å². The molecule has 0 saturated heterocycles. The first-order valence-electron chi connectivity index (χ1n) is 5.12. The first-order chi connectivity index (χ1) is 8.43. The number of halogens is 2. The molecule has 1 heterocycles. The fourth-order valence-corrected chi connectivity index (χ4v) is 1.23. The van der Waals surface area contributed by atoms with E-state index in [0.29, 0.717) is 0 Å². The highest BCUT2D eigenvalue weighted by Gasteiger charge is 2.09. The summed E-state index contributed by atoms with van der Waals surface area (Å²) in [7, 11) is 1.39. The average Bonchev–Trinajstić information content (AvgIpc) is 2.29. The van der Waals surface area contributed by atoms with Crippen molar-refractivity contribution in [3.8, 4) is 0 Å². The van der Waals surface area contributed by atoms with Crippen molar-refractivity contribution in [1.82, 2.24) is 9.55 Å². The Kier molecular flexibility index (Phi) is 4.84. The maximum Gasteiger partial charge on any atom is 0.329 e. The summed E-state index contributed by atoms with van der Waals surface area (Å²) in [5, 5.41) is 2.62. The third-order valence-corrected chi connectivity index (χ3v) is 2.16. The van der Waals surface area contributed by atoms with Crippen LogP contribution in [0.2, 0.25) is 0 Å². The van der Waals surface area contributed by atoms with Gasteiger partial charge in [0.25, 0.3) is 12.0 Å². The molecule has 0 aliphatic heterocycles. The van der Waals surface area contributed by atoms with Gasteiger partial charge in [-0.2, -0.15) is 0 Å². The van der Waals surface area contributed by atoms with Crippen LogP contribution in [0.15, 0.2) is 9.59 Å². The highest BCUT2D eigenvalue weighted by Crippen LogP contribution is 2.07. The molecule has 4 N–H and O–H groups in total. The zero-order valence-electron chi connectivity index (χ0n) is 9.70. The minimum atomic E-state index is -2.53. The van der Waals surface area contributed by atoms with Crippen molar-refractivity contribution in [2.24, 2.45) is 7.05 Å². The quantitative estimate of drug-likeness (QED) is 0.592. The summed E-state index contributed by atoms with van der Waals surface area (Å²) >= 11 is 0. The number of hydrogen-bond donors (Lipinski definition) is 3. The standard InChI is InChI=1S/C9H14F2N4O3/c1-15-7(12)6(8(16)14-9(15)17)13-2-3-18-4-5(10)11/h5,13H,2-4,12H2,1H3,(H,14,16,17). The van der Waals surface area contributed by atoms with Gasteiger partial charge >= 0.3 is 5.69 Å². The molecule has 0 saturated carbocycles. The molecule has 18 heavy (non-hydrogen) atoms. The number of nitrogens with zero attached hydrogens (tertiary/aromatic N) is 1. The second kappa shape index (κ2) is 6.15. The number of ether oxygens (including phenoxy) is 1. The van der Waals surface area contributed by atoms with E-state index in [1.165, 1.54) is 7.05 Å². The van der Waals surface area contributed by atoms with Crippen LogP contribution in [0.4, 0.5) is 20.3 Å². The maximum absolute atomic E-state index is 11.8.